The fourth-order valence-corrected chi connectivity index (χ4v) is 2.69. The maximum absolute atomic E-state index is 4.34. The Kier molecular flexibility index (Phi) is 3.74. The van der Waals surface area contributed by atoms with Crippen molar-refractivity contribution in [3.8, 4) is 0 Å². The smallest absolute Gasteiger partial charge is 0.148 e. The predicted octanol–water partition coefficient (Wildman–Crippen LogP) is 2.16. The summed E-state index contributed by atoms with van der Waals surface area (Å²) in [4.78, 5) is 0. The van der Waals surface area contributed by atoms with E-state index in [9.17, 15) is 0 Å². The van der Waals surface area contributed by atoms with Gasteiger partial charge in [-0.2, -0.15) is 5.10 Å². The van der Waals surface area contributed by atoms with Crippen LogP contribution in [0.1, 0.15) is 43.7 Å². The SMILES string of the molecule is c1cc(C2CCC2)nnc1NCC1CCNCC1. The first-order valence-corrected chi connectivity index (χ1v) is 7.20. The van der Waals surface area contributed by atoms with Gasteiger partial charge in [0.2, 0.25) is 0 Å². The van der Waals surface area contributed by atoms with Gasteiger partial charge in [-0.15, -0.1) is 5.10 Å². The van der Waals surface area contributed by atoms with E-state index >= 15 is 0 Å². The van der Waals surface area contributed by atoms with Crippen LogP contribution in [-0.4, -0.2) is 29.8 Å². The molecule has 0 spiro atoms. The molecule has 3 rings (SSSR count). The molecular weight excluding hydrogens is 224 g/mol. The zero-order valence-corrected chi connectivity index (χ0v) is 10.9. The van der Waals surface area contributed by atoms with Gasteiger partial charge >= 0.3 is 0 Å². The van der Waals surface area contributed by atoms with Crippen LogP contribution in [0.25, 0.3) is 0 Å². The van der Waals surface area contributed by atoms with E-state index in [0.717, 1.165) is 31.4 Å². The molecule has 4 nitrogen and oxygen atoms in total. The van der Waals surface area contributed by atoms with Gasteiger partial charge in [0.05, 0.1) is 5.69 Å². The molecule has 2 heterocycles. The van der Waals surface area contributed by atoms with Gasteiger partial charge < -0.3 is 10.6 Å². The molecule has 0 bridgehead atoms. The van der Waals surface area contributed by atoms with Crippen molar-refractivity contribution in [2.24, 2.45) is 5.92 Å². The van der Waals surface area contributed by atoms with Crippen LogP contribution in [0.4, 0.5) is 5.82 Å². The minimum absolute atomic E-state index is 0.677. The first-order valence-electron chi connectivity index (χ1n) is 7.20. The lowest BCUT2D eigenvalue weighted by Crippen LogP contribution is -2.31. The normalized spacial score (nSPS) is 21.6. The summed E-state index contributed by atoms with van der Waals surface area (Å²) in [5, 5.41) is 15.4. The summed E-state index contributed by atoms with van der Waals surface area (Å²) in [5.41, 5.74) is 1.17. The Morgan fingerprint density at radius 1 is 1.11 bits per heavy atom. The van der Waals surface area contributed by atoms with Crippen molar-refractivity contribution < 1.29 is 0 Å². The third-order valence-electron chi connectivity index (χ3n) is 4.24. The monoisotopic (exact) mass is 246 g/mol. The van der Waals surface area contributed by atoms with Crippen LogP contribution >= 0.6 is 0 Å². The Morgan fingerprint density at radius 3 is 2.56 bits per heavy atom. The zero-order chi connectivity index (χ0) is 12.2. The molecule has 1 aromatic heterocycles. The van der Waals surface area contributed by atoms with Crippen LogP contribution in [0.5, 0.6) is 0 Å². The van der Waals surface area contributed by atoms with Crippen LogP contribution in [0.3, 0.4) is 0 Å². The van der Waals surface area contributed by atoms with Gasteiger partial charge in [-0.25, -0.2) is 0 Å². The second-order valence-corrected chi connectivity index (χ2v) is 5.55. The molecule has 1 saturated carbocycles. The first kappa shape index (κ1) is 11.9. The molecule has 18 heavy (non-hydrogen) atoms. The topological polar surface area (TPSA) is 49.8 Å². The Bertz CT molecular complexity index is 366. The number of rotatable bonds is 4. The average Bonchev–Trinajstić information content (AvgIpc) is 2.37. The summed E-state index contributed by atoms with van der Waals surface area (Å²) in [6, 6.07) is 4.23. The molecule has 0 radical (unpaired) electrons. The van der Waals surface area contributed by atoms with E-state index in [4.69, 9.17) is 0 Å². The lowest BCUT2D eigenvalue weighted by Gasteiger charge is -2.24. The number of nitrogens with zero attached hydrogens (tertiary/aromatic N) is 2. The lowest BCUT2D eigenvalue weighted by molar-refractivity contribution is 0.389. The standard InChI is InChI=1S/C14H22N4/c1-2-12(3-1)13-4-5-14(18-17-13)16-10-11-6-8-15-9-7-11/h4-5,11-12,15H,1-3,6-10H2,(H,16,18). The highest BCUT2D eigenvalue weighted by Gasteiger charge is 2.21. The van der Waals surface area contributed by atoms with E-state index < -0.39 is 0 Å². The molecule has 0 unspecified atom stereocenters. The van der Waals surface area contributed by atoms with E-state index in [2.05, 4.69) is 33.0 Å². The van der Waals surface area contributed by atoms with Crippen LogP contribution in [0.15, 0.2) is 12.1 Å². The Hall–Kier alpha value is -1.16. The maximum Gasteiger partial charge on any atom is 0.148 e. The third-order valence-corrected chi connectivity index (χ3v) is 4.24. The molecule has 2 N–H and O–H groups in total. The summed E-state index contributed by atoms with van der Waals surface area (Å²) in [7, 11) is 0. The van der Waals surface area contributed by atoms with Crippen molar-refractivity contribution in [1.29, 1.82) is 0 Å². The third kappa shape index (κ3) is 2.80. The van der Waals surface area contributed by atoms with E-state index in [-0.39, 0.29) is 0 Å². The number of aromatic nitrogens is 2. The Labute approximate surface area is 109 Å². The van der Waals surface area contributed by atoms with Crippen molar-refractivity contribution in [2.75, 3.05) is 25.0 Å². The molecule has 2 fully saturated rings. The molecular formula is C14H22N4. The van der Waals surface area contributed by atoms with Gasteiger partial charge in [0.25, 0.3) is 0 Å². The quantitative estimate of drug-likeness (QED) is 0.854. The molecule has 1 aromatic rings. The lowest BCUT2D eigenvalue weighted by atomic mass is 9.83. The zero-order valence-electron chi connectivity index (χ0n) is 10.9. The van der Waals surface area contributed by atoms with Gasteiger partial charge in [-0.1, -0.05) is 6.42 Å². The highest BCUT2D eigenvalue weighted by molar-refractivity contribution is 5.33. The fraction of sp³-hybridized carbons (Fsp3) is 0.714. The first-order chi connectivity index (χ1) is 8.92. The minimum Gasteiger partial charge on any atom is -0.368 e. The minimum atomic E-state index is 0.677. The summed E-state index contributed by atoms with van der Waals surface area (Å²) < 4.78 is 0. The molecule has 98 valence electrons. The molecule has 0 aromatic carbocycles. The van der Waals surface area contributed by atoms with Gasteiger partial charge in [-0.05, 0) is 56.8 Å². The van der Waals surface area contributed by atoms with Gasteiger partial charge in [0.15, 0.2) is 0 Å². The predicted molar refractivity (Wildman–Crippen MR) is 72.7 cm³/mol. The van der Waals surface area contributed by atoms with E-state index in [1.807, 2.05) is 0 Å². The number of hydrogen-bond donors (Lipinski definition) is 2. The largest absolute Gasteiger partial charge is 0.368 e. The summed E-state index contributed by atoms with van der Waals surface area (Å²) >= 11 is 0. The average molecular weight is 246 g/mol. The number of anilines is 1. The number of hydrogen-bond acceptors (Lipinski definition) is 4. The summed E-state index contributed by atoms with van der Waals surface area (Å²) in [6.07, 6.45) is 6.45. The second kappa shape index (κ2) is 5.65. The molecule has 1 aliphatic heterocycles. The van der Waals surface area contributed by atoms with Crippen molar-refractivity contribution in [3.63, 3.8) is 0 Å². The van der Waals surface area contributed by atoms with Gasteiger partial charge in [0.1, 0.15) is 5.82 Å². The highest BCUT2D eigenvalue weighted by Crippen LogP contribution is 2.34. The summed E-state index contributed by atoms with van der Waals surface area (Å²) in [6.45, 7) is 3.33. The number of nitrogens with one attached hydrogen (secondary N) is 2. The van der Waals surface area contributed by atoms with Crippen LogP contribution < -0.4 is 10.6 Å². The maximum atomic E-state index is 4.34. The van der Waals surface area contributed by atoms with Crippen molar-refractivity contribution in [2.45, 2.75) is 38.0 Å². The molecule has 2 aliphatic rings. The summed E-state index contributed by atoms with van der Waals surface area (Å²) in [5.74, 6) is 2.38. The van der Waals surface area contributed by atoms with Gasteiger partial charge in [0, 0.05) is 12.5 Å². The Morgan fingerprint density at radius 2 is 1.94 bits per heavy atom. The molecule has 1 aliphatic carbocycles. The van der Waals surface area contributed by atoms with Crippen LogP contribution in [0, 0.1) is 5.92 Å². The molecule has 4 heteroatoms. The highest BCUT2D eigenvalue weighted by atomic mass is 15.2. The van der Waals surface area contributed by atoms with E-state index in [0.29, 0.717) is 5.92 Å². The fourth-order valence-electron chi connectivity index (χ4n) is 2.69. The Balaban J connectivity index is 1.49. The molecule has 1 saturated heterocycles. The van der Waals surface area contributed by atoms with Crippen molar-refractivity contribution >= 4 is 5.82 Å². The molecule has 0 atom stereocenters. The second-order valence-electron chi connectivity index (χ2n) is 5.55. The van der Waals surface area contributed by atoms with E-state index in [1.54, 1.807) is 0 Å². The van der Waals surface area contributed by atoms with Gasteiger partial charge in [-0.3, -0.25) is 0 Å². The molecule has 0 amide bonds. The van der Waals surface area contributed by atoms with E-state index in [1.165, 1.54) is 37.8 Å². The van der Waals surface area contributed by atoms with Crippen LogP contribution in [0.2, 0.25) is 0 Å². The van der Waals surface area contributed by atoms with Crippen molar-refractivity contribution in [1.82, 2.24) is 15.5 Å². The van der Waals surface area contributed by atoms with Crippen molar-refractivity contribution in [3.05, 3.63) is 17.8 Å². The van der Waals surface area contributed by atoms with Crippen LogP contribution in [-0.2, 0) is 0 Å². The number of piperidine rings is 1.